The third-order valence-electron chi connectivity index (χ3n) is 11.4. The standard InChI is InChI=1S/C56H37BrN4/c57-40-29-34-49-52(35-40)47-23-13-14-24-48(47)55-56(49)59-54-37-51(39-27-32-46(33-28-39)61(43-19-9-3-10-20-43)44-21-11-4-12-22-44)50(36-53(54)58-55)38-25-30-45(31-26-38)60(41-15-5-1-6-16-41)42-17-7-2-8-18-42/h1-37H. The molecule has 0 aliphatic rings. The van der Waals surface area contributed by atoms with Crippen molar-refractivity contribution >= 4 is 93.7 Å². The van der Waals surface area contributed by atoms with Crippen LogP contribution in [-0.4, -0.2) is 9.97 Å². The number of rotatable bonds is 8. The summed E-state index contributed by atoms with van der Waals surface area (Å²) >= 11 is 3.72. The monoisotopic (exact) mass is 844 g/mol. The van der Waals surface area contributed by atoms with E-state index >= 15 is 0 Å². The lowest BCUT2D eigenvalue weighted by Crippen LogP contribution is -2.09. The first-order chi connectivity index (χ1) is 30.2. The fraction of sp³-hybridized carbons (Fsp3) is 0. The molecule has 61 heavy (non-hydrogen) atoms. The van der Waals surface area contributed by atoms with E-state index in [0.29, 0.717) is 0 Å². The molecular formula is C56H37BrN4. The van der Waals surface area contributed by atoms with E-state index in [0.717, 1.165) is 104 Å². The molecule has 0 amide bonds. The summed E-state index contributed by atoms with van der Waals surface area (Å²) < 4.78 is 1.04. The van der Waals surface area contributed by atoms with E-state index in [4.69, 9.17) is 9.97 Å². The zero-order valence-corrected chi connectivity index (χ0v) is 34.6. The normalized spacial score (nSPS) is 11.4. The summed E-state index contributed by atoms with van der Waals surface area (Å²) in [7, 11) is 0. The van der Waals surface area contributed by atoms with E-state index in [1.807, 2.05) is 0 Å². The van der Waals surface area contributed by atoms with Gasteiger partial charge in [-0.3, -0.25) is 0 Å². The maximum atomic E-state index is 5.44. The summed E-state index contributed by atoms with van der Waals surface area (Å²) in [6.07, 6.45) is 0. The highest BCUT2D eigenvalue weighted by molar-refractivity contribution is 9.10. The summed E-state index contributed by atoms with van der Waals surface area (Å²) in [4.78, 5) is 15.5. The molecule has 1 aromatic heterocycles. The van der Waals surface area contributed by atoms with Crippen molar-refractivity contribution in [2.75, 3.05) is 9.80 Å². The molecule has 0 aliphatic heterocycles. The maximum Gasteiger partial charge on any atom is 0.0979 e. The Kier molecular flexibility index (Phi) is 9.29. The Bertz CT molecular complexity index is 3260. The van der Waals surface area contributed by atoms with Crippen LogP contribution in [-0.2, 0) is 0 Å². The van der Waals surface area contributed by atoms with Crippen molar-refractivity contribution in [3.63, 3.8) is 0 Å². The SMILES string of the molecule is Brc1ccc2c(c1)c1ccccc1c1nc3cc(-c4ccc(N(c5ccccc5)c5ccccc5)cc4)c(-c4ccc(N(c5ccccc5)c5ccccc5)cc4)cc3nc21. The highest BCUT2D eigenvalue weighted by Crippen LogP contribution is 2.42. The minimum atomic E-state index is 0.848. The Hall–Kier alpha value is -7.60. The lowest BCUT2D eigenvalue weighted by Gasteiger charge is -2.26. The number of benzene rings is 10. The number of hydrogen-bond donors (Lipinski definition) is 0. The average molecular weight is 846 g/mol. The zero-order valence-electron chi connectivity index (χ0n) is 33.0. The molecule has 0 saturated carbocycles. The number of para-hydroxylation sites is 4. The minimum absolute atomic E-state index is 0.848. The fourth-order valence-corrected chi connectivity index (χ4v) is 8.97. The fourth-order valence-electron chi connectivity index (χ4n) is 8.61. The molecule has 5 heteroatoms. The van der Waals surface area contributed by atoms with Crippen LogP contribution < -0.4 is 9.80 Å². The molecule has 0 atom stereocenters. The van der Waals surface area contributed by atoms with Crippen LogP contribution >= 0.6 is 15.9 Å². The van der Waals surface area contributed by atoms with Crippen LogP contribution in [0.1, 0.15) is 0 Å². The van der Waals surface area contributed by atoms with Gasteiger partial charge in [0.1, 0.15) is 0 Å². The lowest BCUT2D eigenvalue weighted by atomic mass is 9.93. The summed E-state index contributed by atoms with van der Waals surface area (Å²) in [5.74, 6) is 0. The zero-order chi connectivity index (χ0) is 40.7. The number of anilines is 6. The number of aromatic nitrogens is 2. The average Bonchev–Trinajstić information content (AvgIpc) is 3.33. The first-order valence-electron chi connectivity index (χ1n) is 20.4. The molecule has 0 fully saturated rings. The molecule has 1 heterocycles. The van der Waals surface area contributed by atoms with Crippen molar-refractivity contribution in [3.05, 3.63) is 229 Å². The van der Waals surface area contributed by atoms with Crippen molar-refractivity contribution < 1.29 is 0 Å². The van der Waals surface area contributed by atoms with E-state index in [1.54, 1.807) is 0 Å². The Labute approximate surface area is 362 Å². The van der Waals surface area contributed by atoms with Gasteiger partial charge in [-0.1, -0.05) is 143 Å². The second-order valence-electron chi connectivity index (χ2n) is 15.1. The molecule has 0 aliphatic carbocycles. The molecule has 4 nitrogen and oxygen atoms in total. The van der Waals surface area contributed by atoms with Gasteiger partial charge in [-0.25, -0.2) is 9.97 Å². The second kappa shape index (κ2) is 15.5. The minimum Gasteiger partial charge on any atom is -0.311 e. The Morgan fingerprint density at radius 3 is 1.05 bits per heavy atom. The topological polar surface area (TPSA) is 32.3 Å². The van der Waals surface area contributed by atoms with E-state index in [1.165, 1.54) is 0 Å². The smallest absolute Gasteiger partial charge is 0.0979 e. The lowest BCUT2D eigenvalue weighted by molar-refractivity contribution is 1.28. The molecule has 288 valence electrons. The summed E-state index contributed by atoms with van der Waals surface area (Å²) in [5.41, 5.74) is 14.4. The molecular weight excluding hydrogens is 809 g/mol. The van der Waals surface area contributed by atoms with Crippen LogP contribution in [0.5, 0.6) is 0 Å². The Morgan fingerprint density at radius 2 is 0.639 bits per heavy atom. The van der Waals surface area contributed by atoms with Gasteiger partial charge in [0.05, 0.1) is 22.1 Å². The van der Waals surface area contributed by atoms with Crippen molar-refractivity contribution in [3.8, 4) is 22.3 Å². The van der Waals surface area contributed by atoms with Gasteiger partial charge >= 0.3 is 0 Å². The third-order valence-corrected chi connectivity index (χ3v) is 11.9. The van der Waals surface area contributed by atoms with E-state index < -0.39 is 0 Å². The molecule has 0 radical (unpaired) electrons. The molecule has 0 bridgehead atoms. The van der Waals surface area contributed by atoms with Crippen LogP contribution in [0, 0.1) is 0 Å². The van der Waals surface area contributed by atoms with Gasteiger partial charge in [0.25, 0.3) is 0 Å². The van der Waals surface area contributed by atoms with Gasteiger partial charge in [-0.15, -0.1) is 0 Å². The molecule has 11 rings (SSSR count). The highest BCUT2D eigenvalue weighted by atomic mass is 79.9. The van der Waals surface area contributed by atoms with Gasteiger partial charge in [0.2, 0.25) is 0 Å². The van der Waals surface area contributed by atoms with E-state index in [9.17, 15) is 0 Å². The van der Waals surface area contributed by atoms with E-state index in [-0.39, 0.29) is 0 Å². The summed E-state index contributed by atoms with van der Waals surface area (Å²) in [6.45, 7) is 0. The number of halogens is 1. The second-order valence-corrected chi connectivity index (χ2v) is 16.1. The summed E-state index contributed by atoms with van der Waals surface area (Å²) in [5, 5.41) is 4.49. The predicted molar refractivity (Wildman–Crippen MR) is 260 cm³/mol. The first-order valence-corrected chi connectivity index (χ1v) is 21.2. The van der Waals surface area contributed by atoms with Crippen LogP contribution in [0.4, 0.5) is 34.1 Å². The largest absolute Gasteiger partial charge is 0.311 e. The van der Waals surface area contributed by atoms with Gasteiger partial charge < -0.3 is 9.80 Å². The Balaban J connectivity index is 1.10. The van der Waals surface area contributed by atoms with Gasteiger partial charge in [0.15, 0.2) is 0 Å². The number of fused-ring (bicyclic) bond motifs is 7. The third kappa shape index (κ3) is 6.75. The van der Waals surface area contributed by atoms with Gasteiger partial charge in [0, 0.05) is 49.4 Å². The van der Waals surface area contributed by atoms with Crippen molar-refractivity contribution in [1.82, 2.24) is 9.97 Å². The van der Waals surface area contributed by atoms with Crippen LogP contribution in [0.25, 0.3) is 65.9 Å². The maximum absolute atomic E-state index is 5.44. The van der Waals surface area contributed by atoms with Crippen LogP contribution in [0.15, 0.2) is 229 Å². The van der Waals surface area contributed by atoms with Crippen molar-refractivity contribution in [2.24, 2.45) is 0 Å². The molecule has 11 aromatic rings. The van der Waals surface area contributed by atoms with Gasteiger partial charge in [-0.2, -0.15) is 0 Å². The van der Waals surface area contributed by atoms with Crippen LogP contribution in [0.2, 0.25) is 0 Å². The molecule has 10 aromatic carbocycles. The summed E-state index contributed by atoms with van der Waals surface area (Å²) in [6, 6.07) is 79.3. The van der Waals surface area contributed by atoms with Gasteiger partial charge in [-0.05, 0) is 130 Å². The first kappa shape index (κ1) is 36.5. The molecule has 0 N–H and O–H groups in total. The van der Waals surface area contributed by atoms with Crippen LogP contribution in [0.3, 0.4) is 0 Å². The Morgan fingerprint density at radius 1 is 0.295 bits per heavy atom. The number of hydrogen-bond acceptors (Lipinski definition) is 4. The molecule has 0 spiro atoms. The highest BCUT2D eigenvalue weighted by Gasteiger charge is 2.19. The van der Waals surface area contributed by atoms with Crippen molar-refractivity contribution in [2.45, 2.75) is 0 Å². The number of nitrogens with zero attached hydrogens (tertiary/aromatic N) is 4. The molecule has 0 saturated heterocycles. The predicted octanol–water partition coefficient (Wildman–Crippen LogP) is 16.1. The van der Waals surface area contributed by atoms with E-state index in [2.05, 4.69) is 250 Å². The molecule has 0 unspecified atom stereocenters. The van der Waals surface area contributed by atoms with Crippen molar-refractivity contribution in [1.29, 1.82) is 0 Å². The quantitative estimate of drug-likeness (QED) is 0.113.